The van der Waals surface area contributed by atoms with E-state index in [1.165, 1.54) is 4.57 Å². The van der Waals surface area contributed by atoms with Crippen LogP contribution in [0.5, 0.6) is 0 Å². The summed E-state index contributed by atoms with van der Waals surface area (Å²) in [5, 5.41) is 15.5. The molecule has 1 aliphatic rings. The van der Waals surface area contributed by atoms with E-state index in [-0.39, 0.29) is 17.4 Å². The highest BCUT2D eigenvalue weighted by molar-refractivity contribution is 7.99. The van der Waals surface area contributed by atoms with Crippen molar-refractivity contribution in [3.05, 3.63) is 34.0 Å². The molecule has 0 aliphatic heterocycles. The van der Waals surface area contributed by atoms with Gasteiger partial charge in [-0.2, -0.15) is 0 Å². The first-order valence-corrected chi connectivity index (χ1v) is 6.96. The molecule has 1 aromatic heterocycles. The molecule has 1 aromatic carbocycles. The van der Waals surface area contributed by atoms with Crippen LogP contribution >= 0.6 is 11.8 Å². The van der Waals surface area contributed by atoms with E-state index < -0.39 is 17.3 Å². The Hall–Kier alpha value is -2.29. The maximum atomic E-state index is 13.7. The third kappa shape index (κ3) is 2.51. The van der Waals surface area contributed by atoms with Crippen molar-refractivity contribution in [2.75, 3.05) is 5.73 Å². The first-order chi connectivity index (χ1) is 9.97. The molecule has 2 aromatic rings. The SMILES string of the molecule is Nc1cc(C(=O)O)c(F)cc1Sc1n[nH]c(=O)n1C1CC1. The van der Waals surface area contributed by atoms with Gasteiger partial charge < -0.3 is 10.8 Å². The molecule has 0 spiro atoms. The molecule has 9 heteroatoms. The number of H-pyrrole nitrogens is 1. The predicted molar refractivity (Wildman–Crippen MR) is 73.0 cm³/mol. The number of aromatic amines is 1. The highest BCUT2D eigenvalue weighted by Crippen LogP contribution is 2.39. The molecule has 0 atom stereocenters. The molecular weight excluding hydrogens is 299 g/mol. The Morgan fingerprint density at radius 2 is 2.24 bits per heavy atom. The number of nitrogen functional groups attached to an aromatic ring is 1. The van der Waals surface area contributed by atoms with Crippen LogP contribution in [0.1, 0.15) is 29.2 Å². The van der Waals surface area contributed by atoms with Gasteiger partial charge in [-0.15, -0.1) is 5.10 Å². The summed E-state index contributed by atoms with van der Waals surface area (Å²) in [5.74, 6) is -2.26. The molecule has 110 valence electrons. The van der Waals surface area contributed by atoms with Gasteiger partial charge in [0.25, 0.3) is 0 Å². The van der Waals surface area contributed by atoms with Gasteiger partial charge in [0.05, 0.1) is 5.56 Å². The first kappa shape index (κ1) is 13.7. The summed E-state index contributed by atoms with van der Waals surface area (Å²) >= 11 is 1.03. The monoisotopic (exact) mass is 310 g/mol. The second-order valence-electron chi connectivity index (χ2n) is 4.69. The number of benzene rings is 1. The number of anilines is 1. The molecule has 21 heavy (non-hydrogen) atoms. The van der Waals surface area contributed by atoms with Crippen molar-refractivity contribution in [1.29, 1.82) is 0 Å². The van der Waals surface area contributed by atoms with Crippen LogP contribution in [0.3, 0.4) is 0 Å². The van der Waals surface area contributed by atoms with E-state index in [0.29, 0.717) is 10.1 Å². The third-order valence-corrected chi connectivity index (χ3v) is 4.16. The summed E-state index contributed by atoms with van der Waals surface area (Å²) < 4.78 is 15.2. The summed E-state index contributed by atoms with van der Waals surface area (Å²) in [6, 6.07) is 2.22. The Morgan fingerprint density at radius 3 is 2.86 bits per heavy atom. The van der Waals surface area contributed by atoms with Crippen LogP contribution in [-0.4, -0.2) is 25.8 Å². The molecule has 1 heterocycles. The summed E-state index contributed by atoms with van der Waals surface area (Å²) in [6.07, 6.45) is 1.80. The number of nitrogens with two attached hydrogens (primary N) is 1. The number of aromatic carboxylic acids is 1. The number of carbonyl (C=O) groups is 1. The van der Waals surface area contributed by atoms with E-state index in [9.17, 15) is 14.0 Å². The summed E-state index contributed by atoms with van der Waals surface area (Å²) in [4.78, 5) is 22.8. The van der Waals surface area contributed by atoms with Crippen LogP contribution in [0.25, 0.3) is 0 Å². The minimum atomic E-state index is -1.38. The zero-order chi connectivity index (χ0) is 15.1. The van der Waals surface area contributed by atoms with Crippen molar-refractivity contribution in [2.45, 2.75) is 28.9 Å². The summed E-state index contributed by atoms with van der Waals surface area (Å²) in [7, 11) is 0. The van der Waals surface area contributed by atoms with Crippen LogP contribution in [0.15, 0.2) is 27.0 Å². The first-order valence-electron chi connectivity index (χ1n) is 6.14. The molecule has 0 amide bonds. The normalized spacial score (nSPS) is 14.3. The third-order valence-electron chi connectivity index (χ3n) is 3.12. The molecule has 7 nitrogen and oxygen atoms in total. The number of carboxylic acid groups (broad SMARTS) is 1. The van der Waals surface area contributed by atoms with Crippen molar-refractivity contribution in [3.8, 4) is 0 Å². The van der Waals surface area contributed by atoms with Crippen molar-refractivity contribution in [3.63, 3.8) is 0 Å². The number of halogens is 1. The molecular formula is C12H11FN4O3S. The van der Waals surface area contributed by atoms with Crippen molar-refractivity contribution < 1.29 is 14.3 Å². The zero-order valence-corrected chi connectivity index (χ0v) is 11.5. The highest BCUT2D eigenvalue weighted by atomic mass is 32.2. The minimum absolute atomic E-state index is 0.114. The number of aromatic nitrogens is 3. The molecule has 1 aliphatic carbocycles. The van der Waals surface area contributed by atoms with Crippen molar-refractivity contribution in [2.24, 2.45) is 0 Å². The Bertz CT molecular complexity index is 781. The Labute approximate surface area is 122 Å². The van der Waals surface area contributed by atoms with Gasteiger partial charge in [-0.05, 0) is 36.7 Å². The Balaban J connectivity index is 1.97. The van der Waals surface area contributed by atoms with Crippen LogP contribution < -0.4 is 11.4 Å². The molecule has 0 unspecified atom stereocenters. The zero-order valence-electron chi connectivity index (χ0n) is 10.7. The number of nitrogens with one attached hydrogen (secondary N) is 1. The fourth-order valence-corrected chi connectivity index (χ4v) is 2.90. The van der Waals surface area contributed by atoms with E-state index in [2.05, 4.69) is 10.2 Å². The number of hydrogen-bond donors (Lipinski definition) is 3. The van der Waals surface area contributed by atoms with E-state index >= 15 is 0 Å². The number of nitrogens with zero attached hydrogens (tertiary/aromatic N) is 2. The highest BCUT2D eigenvalue weighted by Gasteiger charge is 2.29. The fourth-order valence-electron chi connectivity index (χ4n) is 1.94. The average Bonchev–Trinajstić information content (AvgIpc) is 3.18. The van der Waals surface area contributed by atoms with Gasteiger partial charge in [0.1, 0.15) is 5.82 Å². The van der Waals surface area contributed by atoms with Gasteiger partial charge >= 0.3 is 11.7 Å². The lowest BCUT2D eigenvalue weighted by molar-refractivity contribution is 0.0692. The van der Waals surface area contributed by atoms with E-state index in [4.69, 9.17) is 10.8 Å². The minimum Gasteiger partial charge on any atom is -0.478 e. The molecule has 1 fully saturated rings. The number of rotatable bonds is 4. The molecule has 4 N–H and O–H groups in total. The van der Waals surface area contributed by atoms with E-state index in [1.54, 1.807) is 0 Å². The largest absolute Gasteiger partial charge is 0.478 e. The standard InChI is InChI=1S/C12H11FN4O3S/c13-7-4-9(8(14)3-6(7)10(18)19)21-12-16-15-11(20)17(12)5-1-2-5/h3-5H,1-2,14H2,(H,15,20)(H,18,19). The topological polar surface area (TPSA) is 114 Å². The van der Waals surface area contributed by atoms with Gasteiger partial charge in [0.2, 0.25) is 0 Å². The van der Waals surface area contributed by atoms with Crippen LogP contribution in [-0.2, 0) is 0 Å². The van der Waals surface area contributed by atoms with Gasteiger partial charge in [-0.3, -0.25) is 4.57 Å². The van der Waals surface area contributed by atoms with Gasteiger partial charge in [-0.25, -0.2) is 19.1 Å². The average molecular weight is 310 g/mol. The second kappa shape index (κ2) is 4.92. The van der Waals surface area contributed by atoms with E-state index in [0.717, 1.165) is 36.7 Å². The van der Waals surface area contributed by atoms with Gasteiger partial charge in [0.15, 0.2) is 5.16 Å². The maximum Gasteiger partial charge on any atom is 0.344 e. The predicted octanol–water partition coefficient (Wildman–Crippen LogP) is 1.48. The maximum absolute atomic E-state index is 13.7. The van der Waals surface area contributed by atoms with Crippen LogP contribution in [0, 0.1) is 5.82 Å². The number of carboxylic acids is 1. The lowest BCUT2D eigenvalue weighted by Gasteiger charge is -2.08. The summed E-state index contributed by atoms with van der Waals surface area (Å²) in [6.45, 7) is 0. The van der Waals surface area contributed by atoms with Gasteiger partial charge in [0, 0.05) is 16.6 Å². The fraction of sp³-hybridized carbons (Fsp3) is 0.250. The van der Waals surface area contributed by atoms with Crippen LogP contribution in [0.4, 0.5) is 10.1 Å². The molecule has 0 radical (unpaired) electrons. The van der Waals surface area contributed by atoms with E-state index in [1.807, 2.05) is 0 Å². The van der Waals surface area contributed by atoms with Crippen molar-refractivity contribution in [1.82, 2.24) is 14.8 Å². The van der Waals surface area contributed by atoms with Gasteiger partial charge in [-0.1, -0.05) is 0 Å². The number of hydrogen-bond acceptors (Lipinski definition) is 5. The summed E-state index contributed by atoms with van der Waals surface area (Å²) in [5.41, 5.74) is 5.06. The van der Waals surface area contributed by atoms with Crippen LogP contribution in [0.2, 0.25) is 0 Å². The Morgan fingerprint density at radius 1 is 1.52 bits per heavy atom. The molecule has 1 saturated carbocycles. The molecule has 3 rings (SSSR count). The lowest BCUT2D eigenvalue weighted by atomic mass is 10.2. The Kier molecular flexibility index (Phi) is 3.20. The van der Waals surface area contributed by atoms with Crippen molar-refractivity contribution >= 4 is 23.4 Å². The molecule has 0 bridgehead atoms. The quantitative estimate of drug-likeness (QED) is 0.737. The smallest absolute Gasteiger partial charge is 0.344 e. The lowest BCUT2D eigenvalue weighted by Crippen LogP contribution is -2.16. The second-order valence-corrected chi connectivity index (χ2v) is 5.70. The molecule has 0 saturated heterocycles.